The number of ether oxygens (including phenoxy) is 1. The van der Waals surface area contributed by atoms with Crippen LogP contribution in [0.1, 0.15) is 18.4 Å². The van der Waals surface area contributed by atoms with E-state index in [1.54, 1.807) is 6.08 Å². The maximum atomic E-state index is 11.9. The van der Waals surface area contributed by atoms with Crippen molar-refractivity contribution in [2.24, 2.45) is 0 Å². The molecule has 0 radical (unpaired) electrons. The minimum atomic E-state index is 0.182. The molecule has 1 aliphatic carbocycles. The third-order valence-electron chi connectivity index (χ3n) is 4.47. The Kier molecular flexibility index (Phi) is 5.88. The summed E-state index contributed by atoms with van der Waals surface area (Å²) in [6.07, 6.45) is 4.05. The number of carbonyl (C=O) groups is 1. The molecule has 5 nitrogen and oxygen atoms in total. The lowest BCUT2D eigenvalue weighted by Crippen LogP contribution is -2.49. The van der Waals surface area contributed by atoms with Crippen molar-refractivity contribution in [3.05, 3.63) is 42.5 Å². The molecule has 1 saturated carbocycles. The predicted molar refractivity (Wildman–Crippen MR) is 95.0 cm³/mol. The van der Waals surface area contributed by atoms with E-state index >= 15 is 0 Å². The Bertz CT molecular complexity index is 546. The summed E-state index contributed by atoms with van der Waals surface area (Å²) in [6, 6.07) is 8.72. The normalized spacial score (nSPS) is 19.0. The first-order chi connectivity index (χ1) is 11.7. The molecule has 1 amide bonds. The lowest BCUT2D eigenvalue weighted by molar-refractivity contribution is -0.122. The second kappa shape index (κ2) is 8.31. The van der Waals surface area contributed by atoms with Crippen LogP contribution in [0.3, 0.4) is 0 Å². The van der Waals surface area contributed by atoms with Crippen LogP contribution in [0.25, 0.3) is 0 Å². The van der Waals surface area contributed by atoms with Crippen LogP contribution >= 0.6 is 0 Å². The van der Waals surface area contributed by atoms with Gasteiger partial charge in [-0.1, -0.05) is 24.8 Å². The van der Waals surface area contributed by atoms with Crippen LogP contribution in [0.5, 0.6) is 5.75 Å². The van der Waals surface area contributed by atoms with E-state index in [4.69, 9.17) is 4.74 Å². The van der Waals surface area contributed by atoms with Gasteiger partial charge in [0.15, 0.2) is 0 Å². The first-order valence-corrected chi connectivity index (χ1v) is 8.79. The molecule has 0 bridgehead atoms. The smallest absolute Gasteiger partial charge is 0.234 e. The third-order valence-corrected chi connectivity index (χ3v) is 4.47. The van der Waals surface area contributed by atoms with E-state index in [-0.39, 0.29) is 5.91 Å². The average molecular weight is 329 g/mol. The Morgan fingerprint density at radius 2 is 1.83 bits per heavy atom. The number of carbonyl (C=O) groups excluding carboxylic acids is 1. The monoisotopic (exact) mass is 329 g/mol. The van der Waals surface area contributed by atoms with E-state index in [0.717, 1.165) is 51.3 Å². The second-order valence-corrected chi connectivity index (χ2v) is 6.64. The van der Waals surface area contributed by atoms with Crippen molar-refractivity contribution in [1.82, 2.24) is 15.1 Å². The predicted octanol–water partition coefficient (Wildman–Crippen LogP) is 1.65. The van der Waals surface area contributed by atoms with Crippen molar-refractivity contribution in [1.29, 1.82) is 0 Å². The maximum Gasteiger partial charge on any atom is 0.234 e. The summed E-state index contributed by atoms with van der Waals surface area (Å²) < 4.78 is 5.51. The van der Waals surface area contributed by atoms with Crippen molar-refractivity contribution in [3.8, 4) is 5.75 Å². The van der Waals surface area contributed by atoms with Crippen molar-refractivity contribution < 1.29 is 9.53 Å². The number of benzene rings is 1. The number of piperazine rings is 1. The summed E-state index contributed by atoms with van der Waals surface area (Å²) in [5.74, 6) is 1.06. The number of rotatable bonds is 8. The summed E-state index contributed by atoms with van der Waals surface area (Å²) >= 11 is 0. The molecule has 2 fully saturated rings. The van der Waals surface area contributed by atoms with Crippen molar-refractivity contribution >= 4 is 5.91 Å². The van der Waals surface area contributed by atoms with E-state index < -0.39 is 0 Å². The van der Waals surface area contributed by atoms with Crippen LogP contribution in [-0.2, 0) is 11.3 Å². The molecule has 0 unspecified atom stereocenters. The molecule has 130 valence electrons. The van der Waals surface area contributed by atoms with E-state index in [9.17, 15) is 4.79 Å². The van der Waals surface area contributed by atoms with Gasteiger partial charge in [-0.05, 0) is 30.5 Å². The number of nitrogens with zero attached hydrogens (tertiary/aromatic N) is 2. The zero-order valence-electron chi connectivity index (χ0n) is 14.2. The van der Waals surface area contributed by atoms with Gasteiger partial charge >= 0.3 is 0 Å². The van der Waals surface area contributed by atoms with Gasteiger partial charge in [0.2, 0.25) is 5.91 Å². The average Bonchev–Trinajstić information content (AvgIpc) is 3.40. The highest BCUT2D eigenvalue weighted by Crippen LogP contribution is 2.18. The van der Waals surface area contributed by atoms with Crippen LogP contribution in [0.4, 0.5) is 0 Å². The number of amides is 1. The van der Waals surface area contributed by atoms with Crippen LogP contribution < -0.4 is 10.1 Å². The van der Waals surface area contributed by atoms with Gasteiger partial charge in [0, 0.05) is 38.8 Å². The fourth-order valence-electron chi connectivity index (χ4n) is 2.91. The van der Waals surface area contributed by atoms with E-state index in [2.05, 4.69) is 33.8 Å². The van der Waals surface area contributed by atoms with Crippen LogP contribution in [0, 0.1) is 0 Å². The zero-order chi connectivity index (χ0) is 16.8. The Morgan fingerprint density at radius 3 is 2.46 bits per heavy atom. The quantitative estimate of drug-likeness (QED) is 0.737. The topological polar surface area (TPSA) is 44.8 Å². The van der Waals surface area contributed by atoms with Gasteiger partial charge in [-0.2, -0.15) is 0 Å². The molecular weight excluding hydrogens is 302 g/mol. The number of hydrogen-bond acceptors (Lipinski definition) is 4. The van der Waals surface area contributed by atoms with Crippen LogP contribution in [0.15, 0.2) is 36.9 Å². The van der Waals surface area contributed by atoms with Crippen LogP contribution in [0.2, 0.25) is 0 Å². The summed E-state index contributed by atoms with van der Waals surface area (Å²) in [4.78, 5) is 16.5. The largest absolute Gasteiger partial charge is 0.490 e. The van der Waals surface area contributed by atoms with Gasteiger partial charge in [0.1, 0.15) is 12.4 Å². The Hall–Kier alpha value is -1.85. The van der Waals surface area contributed by atoms with Crippen molar-refractivity contribution in [2.75, 3.05) is 39.3 Å². The summed E-state index contributed by atoms with van der Waals surface area (Å²) in [5, 5.41) is 3.06. The maximum absolute atomic E-state index is 11.9. The van der Waals surface area contributed by atoms with Gasteiger partial charge in [-0.3, -0.25) is 14.6 Å². The molecule has 0 aromatic heterocycles. The lowest BCUT2D eigenvalue weighted by atomic mass is 10.2. The molecule has 1 aliphatic heterocycles. The van der Waals surface area contributed by atoms with Gasteiger partial charge in [-0.25, -0.2) is 0 Å². The minimum Gasteiger partial charge on any atom is -0.490 e. The fraction of sp³-hybridized carbons (Fsp3) is 0.526. The molecule has 3 rings (SSSR count). The highest BCUT2D eigenvalue weighted by atomic mass is 16.5. The van der Waals surface area contributed by atoms with Gasteiger partial charge < -0.3 is 10.1 Å². The molecule has 5 heteroatoms. The van der Waals surface area contributed by atoms with Gasteiger partial charge in [0.05, 0.1) is 6.54 Å². The zero-order valence-corrected chi connectivity index (χ0v) is 14.2. The molecular formula is C19H27N3O2. The SMILES string of the molecule is C=CCOc1ccc(CN2CCN(CC(=O)NC3CC3)CC2)cc1. The molecule has 1 heterocycles. The summed E-state index contributed by atoms with van der Waals surface area (Å²) in [5.41, 5.74) is 1.29. The van der Waals surface area contributed by atoms with E-state index in [1.807, 2.05) is 12.1 Å². The second-order valence-electron chi connectivity index (χ2n) is 6.64. The molecule has 0 atom stereocenters. The molecule has 24 heavy (non-hydrogen) atoms. The van der Waals surface area contributed by atoms with Crippen molar-refractivity contribution in [3.63, 3.8) is 0 Å². The lowest BCUT2D eigenvalue weighted by Gasteiger charge is -2.34. The molecule has 1 aromatic rings. The Morgan fingerprint density at radius 1 is 1.17 bits per heavy atom. The number of hydrogen-bond donors (Lipinski definition) is 1. The fourth-order valence-corrected chi connectivity index (χ4v) is 2.91. The molecule has 2 aliphatic rings. The minimum absolute atomic E-state index is 0.182. The van der Waals surface area contributed by atoms with Gasteiger partial charge in [-0.15, -0.1) is 0 Å². The van der Waals surface area contributed by atoms with E-state index in [0.29, 0.717) is 19.2 Å². The van der Waals surface area contributed by atoms with E-state index in [1.165, 1.54) is 5.56 Å². The Balaban J connectivity index is 1.38. The first kappa shape index (κ1) is 17.0. The Labute approximate surface area is 144 Å². The van der Waals surface area contributed by atoms with Crippen LogP contribution in [-0.4, -0.2) is 61.1 Å². The highest BCUT2D eigenvalue weighted by molar-refractivity contribution is 5.78. The summed E-state index contributed by atoms with van der Waals surface area (Å²) in [7, 11) is 0. The van der Waals surface area contributed by atoms with Crippen molar-refractivity contribution in [2.45, 2.75) is 25.4 Å². The first-order valence-electron chi connectivity index (χ1n) is 8.79. The third kappa shape index (κ3) is 5.35. The molecule has 1 saturated heterocycles. The van der Waals surface area contributed by atoms with Gasteiger partial charge in [0.25, 0.3) is 0 Å². The molecule has 0 spiro atoms. The molecule has 1 N–H and O–H groups in total. The summed E-state index contributed by atoms with van der Waals surface area (Å²) in [6.45, 7) is 9.60. The molecule has 1 aromatic carbocycles. The number of nitrogens with one attached hydrogen (secondary N) is 1. The highest BCUT2D eigenvalue weighted by Gasteiger charge is 2.25. The standard InChI is InChI=1S/C19H27N3O2/c1-2-13-24-18-7-3-16(4-8-18)14-21-9-11-22(12-10-21)15-19(23)20-17-5-6-17/h2-4,7-8,17H,1,5-6,9-15H2,(H,20,23).